The van der Waals surface area contributed by atoms with Crippen LogP contribution in [0.3, 0.4) is 0 Å². The van der Waals surface area contributed by atoms with Crippen LogP contribution >= 0.6 is 11.8 Å². The van der Waals surface area contributed by atoms with Gasteiger partial charge in [-0.2, -0.15) is 0 Å². The lowest BCUT2D eigenvalue weighted by Crippen LogP contribution is -2.22. The third-order valence-electron chi connectivity index (χ3n) is 2.41. The van der Waals surface area contributed by atoms with Gasteiger partial charge in [-0.15, -0.1) is 10.2 Å². The highest BCUT2D eigenvalue weighted by molar-refractivity contribution is 7.99. The number of hydrogen-bond acceptors (Lipinski definition) is 5. The molecular weight excluding hydrogens is 253 g/mol. The summed E-state index contributed by atoms with van der Waals surface area (Å²) in [5.41, 5.74) is 6.89. The Balaban J connectivity index is 2.20. The summed E-state index contributed by atoms with van der Waals surface area (Å²) in [6.45, 7) is 3.63. The number of nitrogens with zero attached hydrogens (tertiary/aromatic N) is 2. The molecule has 4 nitrogen and oxygen atoms in total. The first-order valence-corrected chi connectivity index (χ1v) is 6.42. The minimum Gasteiger partial charge on any atom is -0.416 e. The largest absolute Gasteiger partial charge is 0.416 e. The van der Waals surface area contributed by atoms with E-state index in [1.54, 1.807) is 19.1 Å². The van der Waals surface area contributed by atoms with Crippen LogP contribution in [0.15, 0.2) is 33.9 Å². The molecule has 1 aromatic carbocycles. The van der Waals surface area contributed by atoms with Crippen LogP contribution in [0.1, 0.15) is 23.6 Å². The second-order valence-electron chi connectivity index (χ2n) is 4.04. The number of nitrogens with two attached hydrogens (primary N) is 1. The van der Waals surface area contributed by atoms with E-state index in [4.69, 9.17) is 10.2 Å². The molecule has 0 aliphatic carbocycles. The Hall–Kier alpha value is -1.40. The second-order valence-corrected chi connectivity index (χ2v) is 5.13. The van der Waals surface area contributed by atoms with Crippen LogP contribution in [0.2, 0.25) is 0 Å². The topological polar surface area (TPSA) is 64.9 Å². The van der Waals surface area contributed by atoms with Gasteiger partial charge in [0.2, 0.25) is 5.89 Å². The Morgan fingerprint density at radius 3 is 2.44 bits per heavy atom. The highest BCUT2D eigenvalue weighted by atomic mass is 32.2. The molecule has 0 aliphatic heterocycles. The Labute approximate surface area is 109 Å². The molecule has 0 radical (unpaired) electrons. The number of aryl methyl sites for hydroxylation is 1. The van der Waals surface area contributed by atoms with Gasteiger partial charge in [0.25, 0.3) is 5.22 Å². The molecule has 6 heteroatoms. The molecule has 96 valence electrons. The highest BCUT2D eigenvalue weighted by Crippen LogP contribution is 2.36. The summed E-state index contributed by atoms with van der Waals surface area (Å²) in [5.74, 6) is 0.251. The Morgan fingerprint density at radius 2 is 1.94 bits per heavy atom. The van der Waals surface area contributed by atoms with Crippen LogP contribution in [-0.4, -0.2) is 16.2 Å². The Bertz CT molecular complexity index is 512. The molecule has 2 atom stereocenters. The third kappa shape index (κ3) is 3.08. The number of hydrogen-bond donors (Lipinski definition) is 1. The first kappa shape index (κ1) is 13.0. The van der Waals surface area contributed by atoms with E-state index < -0.39 is 0 Å². The Kier molecular flexibility index (Phi) is 3.98. The maximum absolute atomic E-state index is 12.9. The SMILES string of the molecule is Cc1nnc(SC(c2ccc(F)cc2)C(C)N)o1. The molecule has 1 heterocycles. The van der Waals surface area contributed by atoms with Crippen molar-refractivity contribution >= 4 is 11.8 Å². The van der Waals surface area contributed by atoms with Crippen molar-refractivity contribution in [2.75, 3.05) is 0 Å². The molecule has 0 amide bonds. The van der Waals surface area contributed by atoms with Crippen LogP contribution in [0.4, 0.5) is 4.39 Å². The summed E-state index contributed by atoms with van der Waals surface area (Å²) >= 11 is 1.39. The van der Waals surface area contributed by atoms with Gasteiger partial charge in [0.15, 0.2) is 0 Å². The average molecular weight is 267 g/mol. The van der Waals surface area contributed by atoms with Gasteiger partial charge < -0.3 is 10.2 Å². The molecule has 2 unspecified atom stereocenters. The minimum atomic E-state index is -0.263. The highest BCUT2D eigenvalue weighted by Gasteiger charge is 2.20. The zero-order valence-electron chi connectivity index (χ0n) is 10.1. The van der Waals surface area contributed by atoms with Crippen molar-refractivity contribution in [2.24, 2.45) is 5.73 Å². The van der Waals surface area contributed by atoms with E-state index in [-0.39, 0.29) is 17.1 Å². The van der Waals surface area contributed by atoms with Crippen LogP contribution in [0.25, 0.3) is 0 Å². The molecule has 18 heavy (non-hydrogen) atoms. The molecule has 0 fully saturated rings. The van der Waals surface area contributed by atoms with Crippen LogP contribution < -0.4 is 5.73 Å². The van der Waals surface area contributed by atoms with Gasteiger partial charge in [0.1, 0.15) is 5.82 Å². The summed E-state index contributed by atoms with van der Waals surface area (Å²) in [7, 11) is 0. The predicted molar refractivity (Wildman–Crippen MR) is 67.7 cm³/mol. The van der Waals surface area contributed by atoms with Crippen LogP contribution in [-0.2, 0) is 0 Å². The molecule has 2 rings (SSSR count). The van der Waals surface area contributed by atoms with Crippen molar-refractivity contribution < 1.29 is 8.81 Å². The van der Waals surface area contributed by atoms with E-state index >= 15 is 0 Å². The van der Waals surface area contributed by atoms with Crippen molar-refractivity contribution in [3.63, 3.8) is 0 Å². The normalized spacial score (nSPS) is 14.4. The molecule has 0 saturated carbocycles. The van der Waals surface area contributed by atoms with E-state index in [0.717, 1.165) is 5.56 Å². The van der Waals surface area contributed by atoms with Crippen molar-refractivity contribution in [1.82, 2.24) is 10.2 Å². The second kappa shape index (κ2) is 5.49. The summed E-state index contributed by atoms with van der Waals surface area (Å²) in [5, 5.41) is 8.12. The minimum absolute atomic E-state index is 0.0505. The molecule has 0 spiro atoms. The zero-order valence-corrected chi connectivity index (χ0v) is 10.9. The maximum atomic E-state index is 12.9. The predicted octanol–water partition coefficient (Wildman–Crippen LogP) is 2.70. The number of thioether (sulfide) groups is 1. The standard InChI is InChI=1S/C12H14FN3OS/c1-7(14)11(9-3-5-10(13)6-4-9)18-12-16-15-8(2)17-12/h3-7,11H,14H2,1-2H3. The Morgan fingerprint density at radius 1 is 1.28 bits per heavy atom. The quantitative estimate of drug-likeness (QED) is 0.863. The molecule has 1 aromatic heterocycles. The van der Waals surface area contributed by atoms with Crippen LogP contribution in [0.5, 0.6) is 0 Å². The summed E-state index contributed by atoms with van der Waals surface area (Å²) in [6, 6.07) is 6.17. The fraction of sp³-hybridized carbons (Fsp3) is 0.333. The van der Waals surface area contributed by atoms with Crippen LogP contribution in [0, 0.1) is 12.7 Å². The van der Waals surface area contributed by atoms with Crippen molar-refractivity contribution in [2.45, 2.75) is 30.4 Å². The number of aromatic nitrogens is 2. The molecule has 0 bridgehead atoms. The summed E-state index contributed by atoms with van der Waals surface area (Å²) < 4.78 is 18.2. The maximum Gasteiger partial charge on any atom is 0.277 e. The van der Waals surface area contributed by atoms with Gasteiger partial charge in [0.05, 0.1) is 5.25 Å². The van der Waals surface area contributed by atoms with Gasteiger partial charge >= 0.3 is 0 Å². The smallest absolute Gasteiger partial charge is 0.277 e. The van der Waals surface area contributed by atoms with Crippen molar-refractivity contribution in [3.05, 3.63) is 41.5 Å². The zero-order chi connectivity index (χ0) is 13.1. The fourth-order valence-electron chi connectivity index (χ4n) is 1.57. The van der Waals surface area contributed by atoms with E-state index in [2.05, 4.69) is 10.2 Å². The molecular formula is C12H14FN3OS. The van der Waals surface area contributed by atoms with Gasteiger partial charge in [-0.1, -0.05) is 23.9 Å². The molecule has 2 N–H and O–H groups in total. The first-order chi connectivity index (χ1) is 8.56. The molecule has 0 saturated heterocycles. The molecule has 0 aliphatic rings. The summed E-state index contributed by atoms with van der Waals surface area (Å²) in [4.78, 5) is 0. The van der Waals surface area contributed by atoms with Gasteiger partial charge in [-0.25, -0.2) is 4.39 Å². The lowest BCUT2D eigenvalue weighted by atomic mass is 10.1. The number of rotatable bonds is 4. The van der Waals surface area contributed by atoms with E-state index in [1.807, 2.05) is 6.92 Å². The lowest BCUT2D eigenvalue weighted by Gasteiger charge is -2.18. The first-order valence-electron chi connectivity index (χ1n) is 5.54. The average Bonchev–Trinajstić information content (AvgIpc) is 2.73. The van der Waals surface area contributed by atoms with Crippen molar-refractivity contribution in [3.8, 4) is 0 Å². The van der Waals surface area contributed by atoms with Crippen molar-refractivity contribution in [1.29, 1.82) is 0 Å². The van der Waals surface area contributed by atoms with Gasteiger partial charge in [-0.05, 0) is 24.6 Å². The number of halogens is 1. The monoisotopic (exact) mass is 267 g/mol. The summed E-state index contributed by atoms with van der Waals surface area (Å²) in [6.07, 6.45) is 0. The van der Waals surface area contributed by atoms with E-state index in [0.29, 0.717) is 11.1 Å². The fourth-order valence-corrected chi connectivity index (χ4v) is 2.55. The lowest BCUT2D eigenvalue weighted by molar-refractivity contribution is 0.427. The van der Waals surface area contributed by atoms with Gasteiger partial charge in [-0.3, -0.25) is 0 Å². The number of benzene rings is 1. The van der Waals surface area contributed by atoms with Gasteiger partial charge in [0, 0.05) is 13.0 Å². The third-order valence-corrected chi connectivity index (χ3v) is 3.73. The van der Waals surface area contributed by atoms with E-state index in [9.17, 15) is 4.39 Å². The molecule has 2 aromatic rings. The van der Waals surface area contributed by atoms with E-state index in [1.165, 1.54) is 23.9 Å².